The maximum Gasteiger partial charge on any atom is 0.307 e. The highest BCUT2D eigenvalue weighted by molar-refractivity contribution is 7.92. The summed E-state index contributed by atoms with van der Waals surface area (Å²) in [5.41, 5.74) is 0. The van der Waals surface area contributed by atoms with Crippen LogP contribution in [0.4, 0.5) is 0 Å². The molecule has 9 nitrogen and oxygen atoms in total. The number of hydrogen-bond acceptors (Lipinski definition) is 9. The first-order chi connectivity index (χ1) is 14.1. The molecule has 0 bridgehead atoms. The van der Waals surface area contributed by atoms with Crippen molar-refractivity contribution in [3.05, 3.63) is 0 Å². The van der Waals surface area contributed by atoms with E-state index < -0.39 is 57.3 Å². The lowest BCUT2D eigenvalue weighted by molar-refractivity contribution is -0.149. The summed E-state index contributed by atoms with van der Waals surface area (Å²) in [5.74, 6) is -2.60. The van der Waals surface area contributed by atoms with Gasteiger partial charge in [0.05, 0.1) is 61.5 Å². The number of fused-ring (bicyclic) bond motifs is 3. The van der Waals surface area contributed by atoms with Crippen LogP contribution in [0.1, 0.15) is 51.9 Å². The monoisotopic (exact) mass is 448 g/mol. The van der Waals surface area contributed by atoms with E-state index in [1.165, 1.54) is 0 Å². The lowest BCUT2D eigenvalue weighted by Gasteiger charge is -2.30. The summed E-state index contributed by atoms with van der Waals surface area (Å²) in [4.78, 5) is 23.9. The number of aliphatic hydroxyl groups is 2. The van der Waals surface area contributed by atoms with Gasteiger partial charge in [-0.25, -0.2) is 8.42 Å². The maximum absolute atomic E-state index is 13.0. The van der Waals surface area contributed by atoms with E-state index in [1.54, 1.807) is 6.92 Å². The fourth-order valence-corrected chi connectivity index (χ4v) is 6.70. The minimum Gasteiger partial charge on any atom is -0.469 e. The van der Waals surface area contributed by atoms with Crippen LogP contribution in [0.25, 0.3) is 0 Å². The van der Waals surface area contributed by atoms with E-state index in [-0.39, 0.29) is 37.1 Å². The van der Waals surface area contributed by atoms with Crippen molar-refractivity contribution < 1.29 is 42.4 Å². The molecule has 2 aliphatic heterocycles. The van der Waals surface area contributed by atoms with Gasteiger partial charge in [-0.05, 0) is 50.9 Å². The quantitative estimate of drug-likeness (QED) is 0.460. The van der Waals surface area contributed by atoms with Gasteiger partial charge in [-0.3, -0.25) is 9.59 Å². The zero-order valence-electron chi connectivity index (χ0n) is 17.4. The van der Waals surface area contributed by atoms with E-state index in [0.717, 1.165) is 20.0 Å². The number of hydrogen-bond donors (Lipinski definition) is 2. The third-order valence-electron chi connectivity index (χ3n) is 6.58. The van der Waals surface area contributed by atoms with Crippen molar-refractivity contribution in [2.24, 2.45) is 11.8 Å². The molecule has 3 fully saturated rings. The van der Waals surface area contributed by atoms with Crippen molar-refractivity contribution in [3.8, 4) is 0 Å². The van der Waals surface area contributed by atoms with Crippen LogP contribution < -0.4 is 0 Å². The summed E-state index contributed by atoms with van der Waals surface area (Å²) in [6.07, 6.45) is -0.444. The fourth-order valence-electron chi connectivity index (χ4n) is 4.93. The molecule has 2 N–H and O–H groups in total. The Kier molecular flexibility index (Phi) is 7.42. The molecule has 30 heavy (non-hydrogen) atoms. The number of carbonyl (C=O) groups excluding carboxylic acids is 2. The topological polar surface area (TPSA) is 140 Å². The Balaban J connectivity index is 1.86. The van der Waals surface area contributed by atoms with Gasteiger partial charge in [0.15, 0.2) is 9.84 Å². The van der Waals surface area contributed by atoms with Gasteiger partial charge in [0.2, 0.25) is 0 Å². The number of cyclic esters (lactones) is 1. The largest absolute Gasteiger partial charge is 0.469 e. The van der Waals surface area contributed by atoms with E-state index in [0.29, 0.717) is 12.8 Å². The first kappa shape index (κ1) is 23.4. The van der Waals surface area contributed by atoms with Gasteiger partial charge in [-0.1, -0.05) is 0 Å². The standard InChI is InChI=1S/C20H32O9S/c1-11-4-3-5-15-20(29-15)14-9-12(21)8-13(14)19(24)16(10-18(23)28-11)30(25,26)7-6-17(22)27-2/h11-16,19-21,24H,3-10H2,1-2H3/t11-,12+,13+,14+,15?,16+,19-,20?/m0/s1. The molecule has 0 aromatic rings. The lowest BCUT2D eigenvalue weighted by Crippen LogP contribution is -2.44. The van der Waals surface area contributed by atoms with E-state index in [4.69, 9.17) is 9.47 Å². The predicted molar refractivity (Wildman–Crippen MR) is 105 cm³/mol. The summed E-state index contributed by atoms with van der Waals surface area (Å²) in [6.45, 7) is 1.76. The summed E-state index contributed by atoms with van der Waals surface area (Å²) in [5, 5.41) is 19.9. The Morgan fingerprint density at radius 1 is 1.20 bits per heavy atom. The summed E-state index contributed by atoms with van der Waals surface area (Å²) < 4.78 is 41.7. The van der Waals surface area contributed by atoms with Crippen LogP contribution in [0.5, 0.6) is 0 Å². The molecule has 0 aromatic carbocycles. The fraction of sp³-hybridized carbons (Fsp3) is 0.900. The normalized spacial score (nSPS) is 40.1. The molecule has 3 rings (SSSR count). The van der Waals surface area contributed by atoms with Crippen LogP contribution in [0.15, 0.2) is 0 Å². The smallest absolute Gasteiger partial charge is 0.307 e. The number of ether oxygens (including phenoxy) is 3. The predicted octanol–water partition coefficient (Wildman–Crippen LogP) is 0.354. The van der Waals surface area contributed by atoms with E-state index >= 15 is 0 Å². The SMILES string of the molecule is COC(=O)CCS(=O)(=O)[C@@H]1CC(=O)O[C@@H](C)CCCC2OC2[C@@H]2C[C@H](O)C[C@H]2[C@@H]1O. The number of rotatable bonds is 4. The third-order valence-corrected chi connectivity index (χ3v) is 8.72. The highest BCUT2D eigenvalue weighted by atomic mass is 32.2. The zero-order chi connectivity index (χ0) is 22.1. The number of methoxy groups -OCH3 is 1. The van der Waals surface area contributed by atoms with Gasteiger partial charge in [-0.2, -0.15) is 0 Å². The average molecular weight is 449 g/mol. The van der Waals surface area contributed by atoms with Crippen LogP contribution >= 0.6 is 0 Å². The van der Waals surface area contributed by atoms with Gasteiger partial charge in [0, 0.05) is 0 Å². The third kappa shape index (κ3) is 5.52. The second kappa shape index (κ2) is 9.50. The Morgan fingerprint density at radius 3 is 2.60 bits per heavy atom. The number of aliphatic hydroxyl groups excluding tert-OH is 2. The summed E-state index contributed by atoms with van der Waals surface area (Å²) in [6, 6.07) is 0. The molecular weight excluding hydrogens is 416 g/mol. The minimum atomic E-state index is -4.02. The molecule has 0 spiro atoms. The number of sulfone groups is 1. The average Bonchev–Trinajstić information content (AvgIpc) is 3.34. The van der Waals surface area contributed by atoms with Crippen LogP contribution in [-0.2, 0) is 33.6 Å². The van der Waals surface area contributed by atoms with Crippen molar-refractivity contribution in [2.45, 2.75) is 87.6 Å². The van der Waals surface area contributed by atoms with Crippen LogP contribution in [0, 0.1) is 11.8 Å². The summed E-state index contributed by atoms with van der Waals surface area (Å²) in [7, 11) is -2.86. The first-order valence-electron chi connectivity index (χ1n) is 10.6. The molecule has 1 saturated carbocycles. The van der Waals surface area contributed by atoms with Crippen molar-refractivity contribution in [3.63, 3.8) is 0 Å². The van der Waals surface area contributed by atoms with Gasteiger partial charge in [0.1, 0.15) is 0 Å². The lowest BCUT2D eigenvalue weighted by atomic mass is 9.84. The molecule has 0 amide bonds. The molecule has 1 aliphatic carbocycles. The van der Waals surface area contributed by atoms with Crippen molar-refractivity contribution in [2.75, 3.05) is 12.9 Å². The maximum atomic E-state index is 13.0. The van der Waals surface area contributed by atoms with Gasteiger partial charge in [-0.15, -0.1) is 0 Å². The molecule has 0 radical (unpaired) electrons. The molecule has 0 aromatic heterocycles. The van der Waals surface area contributed by atoms with Crippen LogP contribution in [0.2, 0.25) is 0 Å². The Bertz CT molecular complexity index is 737. The Hall–Kier alpha value is -1.23. The van der Waals surface area contributed by atoms with Crippen molar-refractivity contribution >= 4 is 21.8 Å². The first-order valence-corrected chi connectivity index (χ1v) is 12.3. The molecule has 2 heterocycles. The Labute approximate surface area is 177 Å². The highest BCUT2D eigenvalue weighted by Crippen LogP contribution is 2.47. The van der Waals surface area contributed by atoms with Crippen molar-refractivity contribution in [1.29, 1.82) is 0 Å². The molecule has 2 saturated heterocycles. The second-order valence-electron chi connectivity index (χ2n) is 8.75. The van der Waals surface area contributed by atoms with Gasteiger partial charge in [0.25, 0.3) is 0 Å². The van der Waals surface area contributed by atoms with Gasteiger partial charge >= 0.3 is 11.9 Å². The van der Waals surface area contributed by atoms with E-state index in [2.05, 4.69) is 4.74 Å². The summed E-state index contributed by atoms with van der Waals surface area (Å²) >= 11 is 0. The molecule has 8 atom stereocenters. The molecular formula is C20H32O9S. The Morgan fingerprint density at radius 2 is 1.90 bits per heavy atom. The molecule has 3 aliphatic rings. The van der Waals surface area contributed by atoms with Gasteiger partial charge < -0.3 is 24.4 Å². The molecule has 2 unspecified atom stereocenters. The zero-order valence-corrected chi connectivity index (χ0v) is 18.3. The molecule has 172 valence electrons. The van der Waals surface area contributed by atoms with E-state index in [1.807, 2.05) is 0 Å². The minimum absolute atomic E-state index is 0.0213. The van der Waals surface area contributed by atoms with Crippen LogP contribution in [0.3, 0.4) is 0 Å². The number of esters is 2. The highest BCUT2D eigenvalue weighted by Gasteiger charge is 2.54. The van der Waals surface area contributed by atoms with Crippen LogP contribution in [-0.4, -0.2) is 79.2 Å². The molecule has 10 heteroatoms. The van der Waals surface area contributed by atoms with Crippen molar-refractivity contribution in [1.82, 2.24) is 0 Å². The number of carbonyl (C=O) groups is 2. The van der Waals surface area contributed by atoms with E-state index in [9.17, 15) is 28.2 Å². The number of epoxide rings is 1. The second-order valence-corrected chi connectivity index (χ2v) is 11.1.